The Hall–Kier alpha value is -1.92. The highest BCUT2D eigenvalue weighted by molar-refractivity contribution is 6.30. The molecule has 0 saturated heterocycles. The topological polar surface area (TPSA) is 80.0 Å². The van der Waals surface area contributed by atoms with Gasteiger partial charge in [-0.1, -0.05) is 11.6 Å². The lowest BCUT2D eigenvalue weighted by atomic mass is 10.3. The van der Waals surface area contributed by atoms with Crippen LogP contribution >= 0.6 is 11.6 Å². The fraction of sp³-hybridized carbons (Fsp3) is 0.308. The average Bonchev–Trinajstić information content (AvgIpc) is 2.82. The zero-order valence-electron chi connectivity index (χ0n) is 11.0. The minimum Gasteiger partial charge on any atom is -0.396 e. The van der Waals surface area contributed by atoms with E-state index in [1.165, 1.54) is 0 Å². The number of aromatic nitrogens is 3. The van der Waals surface area contributed by atoms with Crippen LogP contribution in [-0.4, -0.2) is 38.9 Å². The summed E-state index contributed by atoms with van der Waals surface area (Å²) >= 11 is 5.84. The Morgan fingerprint density at radius 1 is 1.40 bits per heavy atom. The number of hydrogen-bond acceptors (Lipinski definition) is 4. The van der Waals surface area contributed by atoms with Crippen LogP contribution < -0.4 is 5.32 Å². The average molecular weight is 295 g/mol. The van der Waals surface area contributed by atoms with E-state index in [0.717, 1.165) is 5.69 Å². The van der Waals surface area contributed by atoms with E-state index in [1.54, 1.807) is 35.9 Å². The van der Waals surface area contributed by atoms with Crippen LogP contribution in [0.1, 0.15) is 22.9 Å². The molecule has 0 unspecified atom stereocenters. The van der Waals surface area contributed by atoms with Gasteiger partial charge in [-0.15, -0.1) is 5.10 Å². The summed E-state index contributed by atoms with van der Waals surface area (Å²) in [5.41, 5.74) is 0.786. The third kappa shape index (κ3) is 3.34. The molecule has 0 aliphatic heterocycles. The van der Waals surface area contributed by atoms with Gasteiger partial charge in [-0.2, -0.15) is 0 Å². The first-order valence-corrected chi connectivity index (χ1v) is 6.58. The van der Waals surface area contributed by atoms with Crippen LogP contribution in [0.5, 0.6) is 0 Å². The molecule has 7 heteroatoms. The van der Waals surface area contributed by atoms with Gasteiger partial charge in [0.15, 0.2) is 0 Å². The van der Waals surface area contributed by atoms with Gasteiger partial charge in [0.1, 0.15) is 5.82 Å². The zero-order chi connectivity index (χ0) is 14.5. The standard InChI is InChI=1S/C13H15ClN4O2/c1-9-16-12(13(20)15-7-2-8-19)17-18(9)11-5-3-10(14)4-6-11/h3-6,19H,2,7-8H2,1H3,(H,15,20). The van der Waals surface area contributed by atoms with E-state index in [-0.39, 0.29) is 18.3 Å². The number of carbonyl (C=O) groups is 1. The van der Waals surface area contributed by atoms with Crippen LogP contribution in [-0.2, 0) is 0 Å². The number of aryl methyl sites for hydroxylation is 1. The molecule has 1 amide bonds. The molecule has 0 saturated carbocycles. The van der Waals surface area contributed by atoms with E-state index in [1.807, 2.05) is 0 Å². The summed E-state index contributed by atoms with van der Waals surface area (Å²) in [5.74, 6) is 0.365. The summed E-state index contributed by atoms with van der Waals surface area (Å²) in [4.78, 5) is 16.0. The van der Waals surface area contributed by atoms with Crippen LogP contribution in [0.4, 0.5) is 0 Å². The van der Waals surface area contributed by atoms with Gasteiger partial charge in [0, 0.05) is 18.2 Å². The molecule has 0 spiro atoms. The molecule has 0 fully saturated rings. The number of rotatable bonds is 5. The highest BCUT2D eigenvalue weighted by Crippen LogP contribution is 2.14. The van der Waals surface area contributed by atoms with E-state index in [2.05, 4.69) is 15.4 Å². The van der Waals surface area contributed by atoms with Crippen molar-refractivity contribution >= 4 is 17.5 Å². The number of amides is 1. The van der Waals surface area contributed by atoms with E-state index >= 15 is 0 Å². The third-order valence-electron chi connectivity index (χ3n) is 2.66. The molecule has 0 aliphatic carbocycles. The molecule has 20 heavy (non-hydrogen) atoms. The number of nitrogens with one attached hydrogen (secondary N) is 1. The van der Waals surface area contributed by atoms with E-state index in [0.29, 0.717) is 23.8 Å². The normalized spacial score (nSPS) is 10.6. The Balaban J connectivity index is 2.17. The Morgan fingerprint density at radius 3 is 2.75 bits per heavy atom. The maximum absolute atomic E-state index is 11.8. The molecule has 106 valence electrons. The third-order valence-corrected chi connectivity index (χ3v) is 2.92. The number of aliphatic hydroxyl groups is 1. The maximum atomic E-state index is 11.8. The monoisotopic (exact) mass is 294 g/mol. The van der Waals surface area contributed by atoms with Crippen molar-refractivity contribution in [3.8, 4) is 5.69 Å². The van der Waals surface area contributed by atoms with Crippen LogP contribution in [0.2, 0.25) is 5.02 Å². The minimum atomic E-state index is -0.353. The first-order valence-electron chi connectivity index (χ1n) is 6.20. The summed E-state index contributed by atoms with van der Waals surface area (Å²) in [6.07, 6.45) is 0.503. The Morgan fingerprint density at radius 2 is 2.10 bits per heavy atom. The number of benzene rings is 1. The molecule has 0 bridgehead atoms. The molecule has 0 aliphatic rings. The van der Waals surface area contributed by atoms with Crippen LogP contribution in [0.15, 0.2) is 24.3 Å². The van der Waals surface area contributed by atoms with Crippen molar-refractivity contribution in [2.45, 2.75) is 13.3 Å². The molecule has 2 aromatic rings. The number of hydrogen-bond donors (Lipinski definition) is 2. The van der Waals surface area contributed by atoms with Gasteiger partial charge in [-0.3, -0.25) is 4.79 Å². The van der Waals surface area contributed by atoms with Gasteiger partial charge >= 0.3 is 0 Å². The molecule has 0 radical (unpaired) electrons. The fourth-order valence-corrected chi connectivity index (χ4v) is 1.80. The fourth-order valence-electron chi connectivity index (χ4n) is 1.67. The predicted octanol–water partition coefficient (Wildman–Crippen LogP) is 1.34. The van der Waals surface area contributed by atoms with E-state index in [4.69, 9.17) is 16.7 Å². The highest BCUT2D eigenvalue weighted by Gasteiger charge is 2.14. The number of carbonyl (C=O) groups excluding carboxylic acids is 1. The summed E-state index contributed by atoms with van der Waals surface area (Å²) in [6.45, 7) is 2.20. The molecule has 2 rings (SSSR count). The van der Waals surface area contributed by atoms with Crippen molar-refractivity contribution in [1.82, 2.24) is 20.1 Å². The Labute approximate surface area is 121 Å². The minimum absolute atomic E-state index is 0.0337. The van der Waals surface area contributed by atoms with Crippen LogP contribution in [0.3, 0.4) is 0 Å². The van der Waals surface area contributed by atoms with Crippen molar-refractivity contribution in [3.05, 3.63) is 40.9 Å². The Bertz CT molecular complexity index is 595. The van der Waals surface area contributed by atoms with Gasteiger partial charge in [0.05, 0.1) is 5.69 Å². The van der Waals surface area contributed by atoms with Gasteiger partial charge in [-0.05, 0) is 37.6 Å². The summed E-state index contributed by atoms with van der Waals surface area (Å²) in [7, 11) is 0. The second-order valence-corrected chi connectivity index (χ2v) is 4.64. The van der Waals surface area contributed by atoms with Gasteiger partial charge in [0.25, 0.3) is 5.91 Å². The van der Waals surface area contributed by atoms with Gasteiger partial charge in [-0.25, -0.2) is 9.67 Å². The van der Waals surface area contributed by atoms with E-state index in [9.17, 15) is 4.79 Å². The highest BCUT2D eigenvalue weighted by atomic mass is 35.5. The lowest BCUT2D eigenvalue weighted by Gasteiger charge is -2.02. The first kappa shape index (κ1) is 14.5. The summed E-state index contributed by atoms with van der Waals surface area (Å²) in [6, 6.07) is 7.10. The molecular formula is C13H15ClN4O2. The van der Waals surface area contributed by atoms with Gasteiger partial charge < -0.3 is 10.4 Å². The van der Waals surface area contributed by atoms with Crippen molar-refractivity contribution in [1.29, 1.82) is 0 Å². The summed E-state index contributed by atoms with van der Waals surface area (Å²) in [5, 5.41) is 16.1. The smallest absolute Gasteiger partial charge is 0.290 e. The first-order chi connectivity index (χ1) is 9.61. The zero-order valence-corrected chi connectivity index (χ0v) is 11.8. The Kier molecular flexibility index (Phi) is 4.70. The number of nitrogens with zero attached hydrogens (tertiary/aromatic N) is 3. The van der Waals surface area contributed by atoms with Crippen LogP contribution in [0.25, 0.3) is 5.69 Å². The molecule has 6 nitrogen and oxygen atoms in total. The molecule has 1 heterocycles. The quantitative estimate of drug-likeness (QED) is 0.816. The maximum Gasteiger partial charge on any atom is 0.290 e. The molecule has 2 N–H and O–H groups in total. The van der Waals surface area contributed by atoms with Gasteiger partial charge in [0.2, 0.25) is 5.82 Å². The second kappa shape index (κ2) is 6.49. The molecule has 0 atom stereocenters. The number of halogens is 1. The molecular weight excluding hydrogens is 280 g/mol. The van der Waals surface area contributed by atoms with Crippen molar-refractivity contribution < 1.29 is 9.90 Å². The van der Waals surface area contributed by atoms with Crippen molar-refractivity contribution in [2.24, 2.45) is 0 Å². The molecule has 1 aromatic heterocycles. The van der Waals surface area contributed by atoms with Crippen LogP contribution in [0, 0.1) is 6.92 Å². The summed E-state index contributed by atoms with van der Waals surface area (Å²) < 4.78 is 1.58. The largest absolute Gasteiger partial charge is 0.396 e. The van der Waals surface area contributed by atoms with Crippen molar-refractivity contribution in [2.75, 3.05) is 13.2 Å². The number of aliphatic hydroxyl groups excluding tert-OH is 1. The SMILES string of the molecule is Cc1nc(C(=O)NCCCO)nn1-c1ccc(Cl)cc1. The molecule has 1 aromatic carbocycles. The van der Waals surface area contributed by atoms with E-state index < -0.39 is 0 Å². The van der Waals surface area contributed by atoms with Crippen molar-refractivity contribution in [3.63, 3.8) is 0 Å². The lowest BCUT2D eigenvalue weighted by molar-refractivity contribution is 0.0941. The lowest BCUT2D eigenvalue weighted by Crippen LogP contribution is -2.26. The second-order valence-electron chi connectivity index (χ2n) is 4.20. The predicted molar refractivity (Wildman–Crippen MR) is 75.1 cm³/mol.